The molecule has 0 aromatic rings. The Kier molecular flexibility index (Phi) is 14.9. The van der Waals surface area contributed by atoms with Crippen LogP contribution in [-0.4, -0.2) is 11.8 Å². The van der Waals surface area contributed by atoms with Gasteiger partial charge in [0.1, 0.15) is 0 Å². The van der Waals surface area contributed by atoms with Crippen LogP contribution in [0.5, 0.6) is 0 Å². The highest BCUT2D eigenvalue weighted by molar-refractivity contribution is 6.21. The van der Waals surface area contributed by atoms with E-state index in [9.17, 15) is 0 Å². The molecule has 0 aliphatic rings. The zero-order valence-electron chi connectivity index (χ0n) is 13.9. The van der Waals surface area contributed by atoms with E-state index in [4.69, 9.17) is 23.2 Å². The van der Waals surface area contributed by atoms with Crippen molar-refractivity contribution in [3.63, 3.8) is 0 Å². The SMILES string of the molecule is CCCCCCCCCCCCC(CCl)(CCl)CCC. The largest absolute Gasteiger partial charge is 0.126 e. The molecule has 0 aliphatic heterocycles. The molecule has 0 atom stereocenters. The molecule has 0 aromatic heterocycles. The molecule has 0 heterocycles. The lowest BCUT2D eigenvalue weighted by Crippen LogP contribution is -2.25. The van der Waals surface area contributed by atoms with E-state index in [0.29, 0.717) is 0 Å². The number of unbranched alkanes of at least 4 members (excludes halogenated alkanes) is 9. The zero-order chi connectivity index (χ0) is 15.1. The van der Waals surface area contributed by atoms with E-state index in [1.165, 1.54) is 83.5 Å². The number of rotatable bonds is 15. The second kappa shape index (κ2) is 14.5. The van der Waals surface area contributed by atoms with Crippen molar-refractivity contribution in [1.29, 1.82) is 0 Å². The summed E-state index contributed by atoms with van der Waals surface area (Å²) in [7, 11) is 0. The number of alkyl halides is 2. The summed E-state index contributed by atoms with van der Waals surface area (Å²) in [5, 5.41) is 0. The summed E-state index contributed by atoms with van der Waals surface area (Å²) < 4.78 is 0. The smallest absolute Gasteiger partial charge is 0.0291 e. The molecule has 0 amide bonds. The van der Waals surface area contributed by atoms with Crippen LogP contribution >= 0.6 is 23.2 Å². The van der Waals surface area contributed by atoms with Crippen molar-refractivity contribution in [1.82, 2.24) is 0 Å². The van der Waals surface area contributed by atoms with Gasteiger partial charge in [0.15, 0.2) is 0 Å². The minimum absolute atomic E-state index is 0.206. The van der Waals surface area contributed by atoms with Crippen LogP contribution in [0.25, 0.3) is 0 Å². The van der Waals surface area contributed by atoms with E-state index in [2.05, 4.69) is 13.8 Å². The van der Waals surface area contributed by atoms with Crippen LogP contribution in [0.15, 0.2) is 0 Å². The van der Waals surface area contributed by atoms with Gasteiger partial charge in [0, 0.05) is 11.8 Å². The Morgan fingerprint density at radius 1 is 0.550 bits per heavy atom. The monoisotopic (exact) mass is 322 g/mol. The maximum Gasteiger partial charge on any atom is 0.0291 e. The Morgan fingerprint density at radius 2 is 1.00 bits per heavy atom. The fourth-order valence-electron chi connectivity index (χ4n) is 2.95. The minimum Gasteiger partial charge on any atom is -0.126 e. The quantitative estimate of drug-likeness (QED) is 0.215. The third-order valence-electron chi connectivity index (χ3n) is 4.41. The molecule has 0 N–H and O–H groups in total. The van der Waals surface area contributed by atoms with E-state index in [1.807, 2.05) is 0 Å². The van der Waals surface area contributed by atoms with Gasteiger partial charge in [-0.3, -0.25) is 0 Å². The lowest BCUT2D eigenvalue weighted by molar-refractivity contribution is 0.301. The lowest BCUT2D eigenvalue weighted by Gasteiger charge is -2.29. The molecular formula is C18H36Cl2. The van der Waals surface area contributed by atoms with Crippen LogP contribution in [0.3, 0.4) is 0 Å². The van der Waals surface area contributed by atoms with Gasteiger partial charge in [0.2, 0.25) is 0 Å². The first kappa shape index (κ1) is 20.6. The molecule has 0 aromatic carbocycles. The van der Waals surface area contributed by atoms with Gasteiger partial charge in [0.05, 0.1) is 0 Å². The summed E-state index contributed by atoms with van der Waals surface area (Å²) in [6.45, 7) is 4.51. The molecule has 0 bridgehead atoms. The fourth-order valence-corrected chi connectivity index (χ4v) is 3.77. The van der Waals surface area contributed by atoms with Crippen molar-refractivity contribution in [3.05, 3.63) is 0 Å². The van der Waals surface area contributed by atoms with E-state index in [-0.39, 0.29) is 5.41 Å². The fraction of sp³-hybridized carbons (Fsp3) is 1.00. The van der Waals surface area contributed by atoms with Crippen LogP contribution in [0, 0.1) is 5.41 Å². The molecular weight excluding hydrogens is 287 g/mol. The predicted molar refractivity (Wildman–Crippen MR) is 95.2 cm³/mol. The van der Waals surface area contributed by atoms with Gasteiger partial charge in [-0.1, -0.05) is 84.5 Å². The number of halogens is 2. The van der Waals surface area contributed by atoms with Crippen molar-refractivity contribution in [2.75, 3.05) is 11.8 Å². The highest BCUT2D eigenvalue weighted by Gasteiger charge is 2.26. The van der Waals surface area contributed by atoms with Crippen molar-refractivity contribution in [2.24, 2.45) is 5.41 Å². The minimum atomic E-state index is 0.206. The summed E-state index contributed by atoms with van der Waals surface area (Å²) in [4.78, 5) is 0. The molecule has 0 rings (SSSR count). The van der Waals surface area contributed by atoms with Crippen molar-refractivity contribution < 1.29 is 0 Å². The standard InChI is InChI=1S/C18H36Cl2/c1-3-5-6-7-8-9-10-11-12-13-15-18(16-19,17-20)14-4-2/h3-17H2,1-2H3. The van der Waals surface area contributed by atoms with Crippen LogP contribution in [-0.2, 0) is 0 Å². The number of hydrogen-bond acceptors (Lipinski definition) is 0. The maximum atomic E-state index is 6.14. The van der Waals surface area contributed by atoms with E-state index in [0.717, 1.165) is 11.8 Å². The van der Waals surface area contributed by atoms with E-state index >= 15 is 0 Å². The molecule has 0 aliphatic carbocycles. The van der Waals surface area contributed by atoms with Crippen LogP contribution in [0.1, 0.15) is 97.3 Å². The molecule has 2 heteroatoms. The highest BCUT2D eigenvalue weighted by atomic mass is 35.5. The Labute approximate surface area is 138 Å². The average molecular weight is 323 g/mol. The first-order valence-corrected chi connectivity index (χ1v) is 9.93. The summed E-state index contributed by atoms with van der Waals surface area (Å²) in [5.74, 6) is 1.45. The lowest BCUT2D eigenvalue weighted by atomic mass is 9.82. The molecule has 0 unspecified atom stereocenters. The van der Waals surface area contributed by atoms with Crippen LogP contribution in [0.4, 0.5) is 0 Å². The zero-order valence-corrected chi connectivity index (χ0v) is 15.4. The second-order valence-corrected chi connectivity index (χ2v) is 6.98. The third-order valence-corrected chi connectivity index (χ3v) is 5.54. The van der Waals surface area contributed by atoms with E-state index < -0.39 is 0 Å². The molecule has 0 saturated carbocycles. The molecule has 0 fully saturated rings. The molecule has 0 spiro atoms. The Morgan fingerprint density at radius 3 is 1.40 bits per heavy atom. The molecule has 0 radical (unpaired) electrons. The maximum absolute atomic E-state index is 6.14. The predicted octanol–water partition coefficient (Wildman–Crippen LogP) is 7.56. The van der Waals surface area contributed by atoms with Crippen LogP contribution in [0.2, 0.25) is 0 Å². The number of hydrogen-bond donors (Lipinski definition) is 0. The third kappa shape index (κ3) is 10.3. The van der Waals surface area contributed by atoms with Crippen molar-refractivity contribution >= 4 is 23.2 Å². The van der Waals surface area contributed by atoms with Gasteiger partial charge >= 0.3 is 0 Å². The topological polar surface area (TPSA) is 0 Å². The molecule has 20 heavy (non-hydrogen) atoms. The highest BCUT2D eigenvalue weighted by Crippen LogP contribution is 2.33. The van der Waals surface area contributed by atoms with Crippen LogP contribution < -0.4 is 0 Å². The second-order valence-electron chi connectivity index (χ2n) is 6.45. The van der Waals surface area contributed by atoms with E-state index in [1.54, 1.807) is 0 Å². The normalized spacial score (nSPS) is 12.0. The average Bonchev–Trinajstić information content (AvgIpc) is 2.48. The van der Waals surface area contributed by atoms with Crippen molar-refractivity contribution in [2.45, 2.75) is 97.3 Å². The summed E-state index contributed by atoms with van der Waals surface area (Å²) in [6.07, 6.45) is 17.5. The van der Waals surface area contributed by atoms with Gasteiger partial charge in [-0.15, -0.1) is 23.2 Å². The van der Waals surface area contributed by atoms with Gasteiger partial charge in [0.25, 0.3) is 0 Å². The van der Waals surface area contributed by atoms with Crippen molar-refractivity contribution in [3.8, 4) is 0 Å². The summed E-state index contributed by atoms with van der Waals surface area (Å²) in [6, 6.07) is 0. The first-order valence-electron chi connectivity index (χ1n) is 8.86. The Bertz CT molecular complexity index is 188. The van der Waals surface area contributed by atoms with Gasteiger partial charge in [-0.2, -0.15) is 0 Å². The Hall–Kier alpha value is 0.580. The Balaban J connectivity index is 3.45. The molecule has 122 valence electrons. The van der Waals surface area contributed by atoms with Gasteiger partial charge in [-0.05, 0) is 18.3 Å². The molecule has 0 saturated heterocycles. The molecule has 0 nitrogen and oxygen atoms in total. The van der Waals surface area contributed by atoms with Gasteiger partial charge < -0.3 is 0 Å². The summed E-state index contributed by atoms with van der Waals surface area (Å²) >= 11 is 12.3. The summed E-state index contributed by atoms with van der Waals surface area (Å²) in [5.41, 5.74) is 0.206. The first-order chi connectivity index (χ1) is 9.74. The van der Waals surface area contributed by atoms with Gasteiger partial charge in [-0.25, -0.2) is 0 Å².